The Kier molecular flexibility index (Phi) is 6.68. The highest BCUT2D eigenvalue weighted by Gasteiger charge is 2.04. The van der Waals surface area contributed by atoms with E-state index in [0.717, 1.165) is 28.2 Å². The van der Waals surface area contributed by atoms with Crippen LogP contribution in [-0.4, -0.2) is 26.0 Å². The van der Waals surface area contributed by atoms with Gasteiger partial charge in [0, 0.05) is 18.0 Å². The lowest BCUT2D eigenvalue weighted by atomic mass is 10.1. The van der Waals surface area contributed by atoms with Crippen LogP contribution in [0.4, 0.5) is 0 Å². The van der Waals surface area contributed by atoms with E-state index in [1.807, 2.05) is 42.5 Å². The van der Waals surface area contributed by atoms with Crippen molar-refractivity contribution in [3.05, 3.63) is 82.8 Å². The summed E-state index contributed by atoms with van der Waals surface area (Å²) in [5.74, 6) is -0.998. The fourth-order valence-electron chi connectivity index (χ4n) is 2.08. The van der Waals surface area contributed by atoms with Gasteiger partial charge in [-0.1, -0.05) is 54.6 Å². The molecule has 2 rings (SSSR count). The van der Waals surface area contributed by atoms with E-state index in [2.05, 4.69) is 4.72 Å². The summed E-state index contributed by atoms with van der Waals surface area (Å²) in [4.78, 5) is 10.5. The number of carbonyl (C=O) groups is 1. The van der Waals surface area contributed by atoms with E-state index in [1.165, 1.54) is 6.08 Å². The Hall–Kier alpha value is -2.70. The zero-order valence-electron chi connectivity index (χ0n) is 13.5. The van der Waals surface area contributed by atoms with Crippen molar-refractivity contribution in [3.8, 4) is 0 Å². The van der Waals surface area contributed by atoms with E-state index in [9.17, 15) is 13.2 Å². The van der Waals surface area contributed by atoms with E-state index in [0.29, 0.717) is 6.42 Å². The van der Waals surface area contributed by atoms with Gasteiger partial charge in [-0.2, -0.15) is 0 Å². The fraction of sp³-hybridized carbons (Fsp3) is 0.105. The molecule has 0 radical (unpaired) electrons. The molecule has 2 N–H and O–H groups in total. The number of carboxylic acid groups (broad SMARTS) is 1. The van der Waals surface area contributed by atoms with Crippen LogP contribution in [0.2, 0.25) is 0 Å². The summed E-state index contributed by atoms with van der Waals surface area (Å²) in [5.41, 5.74) is 2.55. The lowest BCUT2D eigenvalue weighted by Crippen LogP contribution is -2.23. The van der Waals surface area contributed by atoms with E-state index in [1.54, 1.807) is 18.2 Å². The van der Waals surface area contributed by atoms with Gasteiger partial charge in [0.1, 0.15) is 0 Å². The van der Waals surface area contributed by atoms with Gasteiger partial charge in [0.15, 0.2) is 0 Å². The summed E-state index contributed by atoms with van der Waals surface area (Å²) < 4.78 is 26.4. The van der Waals surface area contributed by atoms with Crippen molar-refractivity contribution in [3.63, 3.8) is 0 Å². The van der Waals surface area contributed by atoms with Crippen LogP contribution in [0.25, 0.3) is 12.2 Å². The van der Waals surface area contributed by atoms with Crippen molar-refractivity contribution < 1.29 is 18.3 Å². The van der Waals surface area contributed by atoms with Gasteiger partial charge in [-0.05, 0) is 35.3 Å². The van der Waals surface area contributed by atoms with Gasteiger partial charge in [0.25, 0.3) is 0 Å². The molecule has 0 atom stereocenters. The number of aliphatic carboxylic acids is 1. The Bertz CT molecular complexity index is 854. The Morgan fingerprint density at radius 1 is 0.960 bits per heavy atom. The predicted octanol–water partition coefficient (Wildman–Crippen LogP) is 2.92. The minimum absolute atomic E-state index is 0.284. The molecular weight excluding hydrogens is 338 g/mol. The normalized spacial score (nSPS) is 12.0. The van der Waals surface area contributed by atoms with Crippen molar-refractivity contribution in [2.24, 2.45) is 0 Å². The molecule has 0 unspecified atom stereocenters. The van der Waals surface area contributed by atoms with E-state index in [-0.39, 0.29) is 6.54 Å². The molecule has 0 bridgehead atoms. The number of hydrogen-bond donors (Lipinski definition) is 2. The molecule has 5 nitrogen and oxygen atoms in total. The lowest BCUT2D eigenvalue weighted by Gasteiger charge is -2.04. The Balaban J connectivity index is 1.85. The van der Waals surface area contributed by atoms with Gasteiger partial charge in [-0.25, -0.2) is 17.9 Å². The van der Waals surface area contributed by atoms with E-state index >= 15 is 0 Å². The summed E-state index contributed by atoms with van der Waals surface area (Å²) in [7, 11) is -3.48. The second kappa shape index (κ2) is 8.96. The van der Waals surface area contributed by atoms with Crippen molar-refractivity contribution >= 4 is 28.1 Å². The highest BCUT2D eigenvalue weighted by Crippen LogP contribution is 2.07. The van der Waals surface area contributed by atoms with Crippen LogP contribution in [0, 0.1) is 0 Å². The highest BCUT2D eigenvalue weighted by molar-refractivity contribution is 7.92. The molecule has 0 saturated carbocycles. The van der Waals surface area contributed by atoms with E-state index in [4.69, 9.17) is 5.11 Å². The first kappa shape index (κ1) is 18.6. The Labute approximate surface area is 147 Å². The number of rotatable bonds is 8. The molecule has 2 aromatic rings. The first-order valence-electron chi connectivity index (χ1n) is 7.67. The molecule has 0 amide bonds. The smallest absolute Gasteiger partial charge is 0.328 e. The second-order valence-corrected chi connectivity index (χ2v) is 6.97. The third-order valence-electron chi connectivity index (χ3n) is 3.35. The average molecular weight is 357 g/mol. The van der Waals surface area contributed by atoms with Gasteiger partial charge in [0.2, 0.25) is 10.0 Å². The summed E-state index contributed by atoms with van der Waals surface area (Å²) in [6.45, 7) is 0.284. The first-order chi connectivity index (χ1) is 11.9. The average Bonchev–Trinajstić information content (AvgIpc) is 2.60. The molecule has 0 aliphatic heterocycles. The van der Waals surface area contributed by atoms with Crippen LogP contribution in [0.3, 0.4) is 0 Å². The number of hydrogen-bond acceptors (Lipinski definition) is 3. The molecular formula is C19H19NO4S. The molecule has 2 aromatic carbocycles. The van der Waals surface area contributed by atoms with Gasteiger partial charge in [-0.15, -0.1) is 0 Å². The maximum Gasteiger partial charge on any atom is 0.328 e. The summed E-state index contributed by atoms with van der Waals surface area (Å²) >= 11 is 0. The maximum atomic E-state index is 11.9. The molecule has 6 heteroatoms. The Morgan fingerprint density at radius 2 is 1.60 bits per heavy atom. The number of nitrogens with one attached hydrogen (secondary N) is 1. The van der Waals surface area contributed by atoms with Crippen LogP contribution >= 0.6 is 0 Å². The van der Waals surface area contributed by atoms with Crippen LogP contribution in [0.1, 0.15) is 16.7 Å². The van der Waals surface area contributed by atoms with Gasteiger partial charge < -0.3 is 5.11 Å². The number of benzene rings is 2. The predicted molar refractivity (Wildman–Crippen MR) is 99.2 cm³/mol. The molecule has 0 spiro atoms. The summed E-state index contributed by atoms with van der Waals surface area (Å²) in [5, 5.41) is 9.74. The van der Waals surface area contributed by atoms with Crippen molar-refractivity contribution in [1.29, 1.82) is 0 Å². The number of sulfonamides is 1. The third kappa shape index (κ3) is 7.15. The van der Waals surface area contributed by atoms with Crippen LogP contribution in [0.5, 0.6) is 0 Å². The minimum atomic E-state index is -3.48. The highest BCUT2D eigenvalue weighted by atomic mass is 32.2. The fourth-order valence-corrected chi connectivity index (χ4v) is 2.90. The largest absolute Gasteiger partial charge is 0.478 e. The zero-order valence-corrected chi connectivity index (χ0v) is 14.3. The summed E-state index contributed by atoms with van der Waals surface area (Å²) in [6, 6.07) is 16.5. The van der Waals surface area contributed by atoms with Gasteiger partial charge in [-0.3, -0.25) is 0 Å². The van der Waals surface area contributed by atoms with Crippen molar-refractivity contribution in [2.75, 3.05) is 6.54 Å². The second-order valence-electron chi connectivity index (χ2n) is 5.32. The monoisotopic (exact) mass is 357 g/mol. The molecule has 0 aromatic heterocycles. The van der Waals surface area contributed by atoms with Crippen LogP contribution in [0.15, 0.2) is 66.1 Å². The van der Waals surface area contributed by atoms with Gasteiger partial charge >= 0.3 is 5.97 Å². The third-order valence-corrected chi connectivity index (χ3v) is 4.46. The number of carboxylic acids is 1. The van der Waals surface area contributed by atoms with Crippen LogP contribution in [-0.2, 0) is 21.2 Å². The molecule has 0 heterocycles. The zero-order chi connectivity index (χ0) is 18.1. The molecule has 0 aliphatic carbocycles. The SMILES string of the molecule is O=C(O)C=Cc1ccc(CCNS(=O)(=O)C=Cc2ccccc2)cc1. The molecule has 0 saturated heterocycles. The maximum absolute atomic E-state index is 11.9. The van der Waals surface area contributed by atoms with E-state index < -0.39 is 16.0 Å². The molecule has 0 fully saturated rings. The standard InChI is InChI=1S/C19H19NO4S/c21-19(22)11-10-17-6-8-18(9-7-17)12-14-20-25(23,24)15-13-16-4-2-1-3-5-16/h1-11,13,15,20H,12,14H2,(H,21,22). The first-order valence-corrected chi connectivity index (χ1v) is 9.22. The lowest BCUT2D eigenvalue weighted by molar-refractivity contribution is -0.131. The topological polar surface area (TPSA) is 83.5 Å². The Morgan fingerprint density at radius 3 is 2.24 bits per heavy atom. The molecule has 0 aliphatic rings. The van der Waals surface area contributed by atoms with Crippen molar-refractivity contribution in [2.45, 2.75) is 6.42 Å². The molecule has 25 heavy (non-hydrogen) atoms. The summed E-state index contributed by atoms with van der Waals surface area (Å²) in [6.07, 6.45) is 4.67. The quantitative estimate of drug-likeness (QED) is 0.712. The van der Waals surface area contributed by atoms with Crippen LogP contribution < -0.4 is 4.72 Å². The van der Waals surface area contributed by atoms with Crippen molar-refractivity contribution in [1.82, 2.24) is 4.72 Å². The minimum Gasteiger partial charge on any atom is -0.478 e. The molecule has 130 valence electrons. The van der Waals surface area contributed by atoms with Gasteiger partial charge in [0.05, 0.1) is 0 Å².